The number of urea groups is 1. The Morgan fingerprint density at radius 1 is 1.03 bits per heavy atom. The van der Waals surface area contributed by atoms with Gasteiger partial charge in [0, 0.05) is 43.2 Å². The van der Waals surface area contributed by atoms with Gasteiger partial charge in [-0.1, -0.05) is 12.1 Å². The number of alkyl halides is 3. The van der Waals surface area contributed by atoms with Crippen LogP contribution in [-0.4, -0.2) is 55.2 Å². The maximum Gasteiger partial charge on any atom is 0.391 e. The molecule has 10 heteroatoms. The van der Waals surface area contributed by atoms with E-state index in [0.29, 0.717) is 32.7 Å². The van der Waals surface area contributed by atoms with E-state index < -0.39 is 18.1 Å². The summed E-state index contributed by atoms with van der Waals surface area (Å²) in [5, 5.41) is 8.84. The van der Waals surface area contributed by atoms with Gasteiger partial charge in [0.05, 0.1) is 12.5 Å². The van der Waals surface area contributed by atoms with Crippen molar-refractivity contribution in [2.75, 3.05) is 36.4 Å². The number of carbonyl (C=O) groups excluding carboxylic acids is 2. The smallest absolute Gasteiger partial charge is 0.372 e. The highest BCUT2D eigenvalue weighted by molar-refractivity contribution is 5.90. The van der Waals surface area contributed by atoms with E-state index in [9.17, 15) is 22.8 Å². The molecule has 7 nitrogen and oxygen atoms in total. The molecule has 2 fully saturated rings. The lowest BCUT2D eigenvalue weighted by Crippen LogP contribution is -2.42. The van der Waals surface area contributed by atoms with Gasteiger partial charge in [0.25, 0.3) is 0 Å². The van der Waals surface area contributed by atoms with Crippen molar-refractivity contribution < 1.29 is 22.8 Å². The number of likely N-dealkylation sites (N-methyl/N-ethyl adjacent to an activating group) is 1. The van der Waals surface area contributed by atoms with Crippen LogP contribution in [0, 0.1) is 5.92 Å². The van der Waals surface area contributed by atoms with Crippen molar-refractivity contribution in [2.24, 2.45) is 5.92 Å². The number of piperidine rings is 1. The number of nitrogens with one attached hydrogen (secondary N) is 3. The maximum absolute atomic E-state index is 12.9. The normalized spacial score (nSPS) is 19.0. The predicted molar refractivity (Wildman–Crippen MR) is 129 cm³/mol. The molecule has 4 rings (SSSR count). The van der Waals surface area contributed by atoms with Gasteiger partial charge in [0.1, 0.15) is 6.04 Å². The molecule has 0 aromatic heterocycles. The second-order valence-electron chi connectivity index (χ2n) is 8.93. The van der Waals surface area contributed by atoms with Gasteiger partial charge in [0.2, 0.25) is 5.91 Å². The van der Waals surface area contributed by atoms with E-state index in [1.54, 1.807) is 4.90 Å². The van der Waals surface area contributed by atoms with Crippen LogP contribution in [0.15, 0.2) is 48.5 Å². The molecule has 0 saturated carbocycles. The lowest BCUT2D eigenvalue weighted by atomic mass is 9.96. The first-order valence-electron chi connectivity index (χ1n) is 11.8. The van der Waals surface area contributed by atoms with Crippen LogP contribution in [0.3, 0.4) is 0 Å². The first-order chi connectivity index (χ1) is 16.7. The zero-order valence-electron chi connectivity index (χ0n) is 19.6. The fourth-order valence-electron chi connectivity index (χ4n) is 4.42. The average Bonchev–Trinajstić information content (AvgIpc) is 3.24. The summed E-state index contributed by atoms with van der Waals surface area (Å²) in [4.78, 5) is 27.6. The Balaban J connectivity index is 1.24. The number of halogens is 3. The number of benzene rings is 2. The fraction of sp³-hybridized carbons (Fsp3) is 0.440. The largest absolute Gasteiger partial charge is 0.391 e. The summed E-state index contributed by atoms with van der Waals surface area (Å²) >= 11 is 0. The molecule has 0 aliphatic carbocycles. The van der Waals surface area contributed by atoms with E-state index in [4.69, 9.17) is 0 Å². The Kier molecular flexibility index (Phi) is 7.37. The van der Waals surface area contributed by atoms with E-state index in [2.05, 4.69) is 16.0 Å². The van der Waals surface area contributed by atoms with Crippen molar-refractivity contribution in [3.05, 3.63) is 54.1 Å². The third-order valence-corrected chi connectivity index (χ3v) is 6.59. The zero-order chi connectivity index (χ0) is 25.0. The minimum Gasteiger partial charge on any atom is -0.372 e. The van der Waals surface area contributed by atoms with Crippen molar-refractivity contribution in [3.8, 4) is 0 Å². The quantitative estimate of drug-likeness (QED) is 0.544. The second-order valence-corrected chi connectivity index (χ2v) is 8.93. The molecule has 188 valence electrons. The molecule has 0 spiro atoms. The Morgan fingerprint density at radius 2 is 1.63 bits per heavy atom. The number of rotatable bonds is 7. The van der Waals surface area contributed by atoms with Crippen LogP contribution in [0.4, 0.5) is 35.0 Å². The standard InChI is InChI=1S/C25H30F3N5O2/c1-2-32-16-22(31-24(32)35)23(34)29-15-17-3-5-19(6-4-17)30-20-7-9-21(10-8-20)33-13-11-18(12-14-33)25(26,27)28/h3-10,18,22,30H,2,11-16H2,1H3,(H,29,34)(H,31,35). The van der Waals surface area contributed by atoms with Gasteiger partial charge in [-0.05, 0) is 61.7 Å². The summed E-state index contributed by atoms with van der Waals surface area (Å²) < 4.78 is 38.6. The average molecular weight is 490 g/mol. The third kappa shape index (κ3) is 6.17. The number of carbonyl (C=O) groups is 2. The second kappa shape index (κ2) is 10.5. The van der Waals surface area contributed by atoms with Gasteiger partial charge in [0.15, 0.2) is 0 Å². The Labute approximate surface area is 202 Å². The lowest BCUT2D eigenvalue weighted by Gasteiger charge is -2.34. The molecule has 35 heavy (non-hydrogen) atoms. The van der Waals surface area contributed by atoms with Gasteiger partial charge in [-0.15, -0.1) is 0 Å². The highest BCUT2D eigenvalue weighted by Gasteiger charge is 2.41. The van der Waals surface area contributed by atoms with E-state index in [1.165, 1.54) is 0 Å². The summed E-state index contributed by atoms with van der Waals surface area (Å²) in [6.07, 6.45) is -3.85. The van der Waals surface area contributed by atoms with Gasteiger partial charge in [-0.25, -0.2) is 4.79 Å². The first-order valence-corrected chi connectivity index (χ1v) is 11.8. The molecule has 1 unspecified atom stereocenters. The highest BCUT2D eigenvalue weighted by Crippen LogP contribution is 2.35. The monoisotopic (exact) mass is 489 g/mol. The Morgan fingerprint density at radius 3 is 2.17 bits per heavy atom. The molecule has 2 aromatic carbocycles. The summed E-state index contributed by atoms with van der Waals surface area (Å²) in [7, 11) is 0. The summed E-state index contributed by atoms with van der Waals surface area (Å²) in [6.45, 7) is 3.96. The van der Waals surface area contributed by atoms with Gasteiger partial charge < -0.3 is 25.8 Å². The molecule has 3 amide bonds. The predicted octanol–water partition coefficient (Wildman–Crippen LogP) is 4.24. The molecule has 3 N–H and O–H groups in total. The number of anilines is 3. The summed E-state index contributed by atoms with van der Waals surface area (Å²) in [5.41, 5.74) is 3.60. The molecule has 2 aliphatic rings. The Hall–Kier alpha value is -3.43. The van der Waals surface area contributed by atoms with Crippen LogP contribution in [0.1, 0.15) is 25.3 Å². The van der Waals surface area contributed by atoms with Crippen molar-refractivity contribution in [1.29, 1.82) is 0 Å². The topological polar surface area (TPSA) is 76.7 Å². The van der Waals surface area contributed by atoms with Gasteiger partial charge in [-0.2, -0.15) is 13.2 Å². The van der Waals surface area contributed by atoms with Gasteiger partial charge >= 0.3 is 12.2 Å². The van der Waals surface area contributed by atoms with Crippen LogP contribution in [0.25, 0.3) is 0 Å². The zero-order valence-corrected chi connectivity index (χ0v) is 19.6. The lowest BCUT2D eigenvalue weighted by molar-refractivity contribution is -0.179. The fourth-order valence-corrected chi connectivity index (χ4v) is 4.42. The minimum absolute atomic E-state index is 0.128. The van der Waals surface area contributed by atoms with Crippen LogP contribution in [0.5, 0.6) is 0 Å². The highest BCUT2D eigenvalue weighted by atomic mass is 19.4. The van der Waals surface area contributed by atoms with Gasteiger partial charge in [-0.3, -0.25) is 4.79 Å². The molecule has 2 aromatic rings. The van der Waals surface area contributed by atoms with E-state index in [1.807, 2.05) is 60.4 Å². The molecule has 2 aliphatic heterocycles. The van der Waals surface area contributed by atoms with Crippen LogP contribution in [-0.2, 0) is 11.3 Å². The third-order valence-electron chi connectivity index (χ3n) is 6.59. The first kappa shape index (κ1) is 24.7. The Bertz CT molecular complexity index is 1020. The van der Waals surface area contributed by atoms with E-state index in [-0.39, 0.29) is 24.8 Å². The molecular formula is C25H30F3N5O2. The molecule has 2 heterocycles. The van der Waals surface area contributed by atoms with E-state index in [0.717, 1.165) is 22.6 Å². The molecule has 0 radical (unpaired) electrons. The number of hydrogen-bond donors (Lipinski definition) is 3. The molecule has 2 saturated heterocycles. The SMILES string of the molecule is CCN1CC(C(=O)NCc2ccc(Nc3ccc(N4CCC(C(F)(F)F)CC4)cc3)cc2)NC1=O. The minimum atomic E-state index is -4.11. The molecule has 1 atom stereocenters. The number of hydrogen-bond acceptors (Lipinski definition) is 4. The van der Waals surface area contributed by atoms with Crippen LogP contribution in [0.2, 0.25) is 0 Å². The van der Waals surface area contributed by atoms with Crippen molar-refractivity contribution in [2.45, 2.75) is 38.5 Å². The molecular weight excluding hydrogens is 459 g/mol. The van der Waals surface area contributed by atoms with E-state index >= 15 is 0 Å². The van der Waals surface area contributed by atoms with Crippen LogP contribution < -0.4 is 20.9 Å². The number of nitrogens with zero attached hydrogens (tertiary/aromatic N) is 2. The number of amides is 3. The van der Waals surface area contributed by atoms with Crippen molar-refractivity contribution >= 4 is 29.0 Å². The summed E-state index contributed by atoms with van der Waals surface area (Å²) in [5.74, 6) is -1.41. The van der Waals surface area contributed by atoms with Crippen molar-refractivity contribution in [1.82, 2.24) is 15.5 Å². The van der Waals surface area contributed by atoms with Crippen LogP contribution >= 0.6 is 0 Å². The van der Waals surface area contributed by atoms with Crippen molar-refractivity contribution in [3.63, 3.8) is 0 Å². The maximum atomic E-state index is 12.9. The summed E-state index contributed by atoms with van der Waals surface area (Å²) in [6, 6.07) is 14.5. The molecule has 0 bridgehead atoms.